The smallest absolute Gasteiger partial charge is 0.333 e. The third-order valence-corrected chi connectivity index (χ3v) is 9.79. The number of anilines is 5. The molecule has 82 heavy (non-hydrogen) atoms. The molecule has 0 saturated carbocycles. The molecule has 1 fully saturated rings. The van der Waals surface area contributed by atoms with E-state index in [0.29, 0.717) is 47.4 Å². The maximum atomic E-state index is 10.8. The molecule has 7 aromatic rings. The predicted molar refractivity (Wildman–Crippen MR) is 293 cm³/mol. The van der Waals surface area contributed by atoms with Crippen LogP contribution in [0.5, 0.6) is 5.88 Å². The van der Waals surface area contributed by atoms with Gasteiger partial charge in [-0.05, 0) is 70.2 Å². The van der Waals surface area contributed by atoms with Crippen molar-refractivity contribution >= 4 is 117 Å². The highest BCUT2D eigenvalue weighted by atomic mass is 35.5. The summed E-state index contributed by atoms with van der Waals surface area (Å²) in [4.78, 5) is 125. The summed E-state index contributed by atoms with van der Waals surface area (Å²) in [6, 6.07) is 21.5. The molecule has 430 valence electrons. The second-order valence-corrected chi connectivity index (χ2v) is 16.0. The number of hydrogen-bond donors (Lipinski definition) is 5. The summed E-state index contributed by atoms with van der Waals surface area (Å²) in [6.45, 7) is 8.69. The Balaban J connectivity index is 0.000000329. The molecule has 7 N–H and O–H groups in total. The number of amides is 2. The van der Waals surface area contributed by atoms with E-state index >= 15 is 0 Å². The highest BCUT2D eigenvalue weighted by molar-refractivity contribution is 6.32. The fourth-order valence-electron chi connectivity index (χ4n) is 5.23. The molecule has 0 spiro atoms. The Kier molecular flexibility index (Phi) is 27.2. The largest absolute Gasteiger partial charge is 0.410 e. The molecular weight excluding hydrogens is 1160 g/mol. The molecule has 2 amide bonds. The van der Waals surface area contributed by atoms with Crippen molar-refractivity contribution in [1.29, 1.82) is 0 Å². The van der Waals surface area contributed by atoms with Crippen molar-refractivity contribution in [3.05, 3.63) is 200 Å². The number of halogens is 3. The Labute approximate surface area is 473 Å². The minimum Gasteiger partial charge on any atom is -0.410 e. The molecule has 7 aromatic heterocycles. The van der Waals surface area contributed by atoms with Crippen molar-refractivity contribution in [3.8, 4) is 5.88 Å². The van der Waals surface area contributed by atoms with Gasteiger partial charge in [-0.15, -0.1) is 0 Å². The van der Waals surface area contributed by atoms with E-state index in [0.717, 1.165) is 24.8 Å². The van der Waals surface area contributed by atoms with Gasteiger partial charge >= 0.3 is 39.7 Å². The molecule has 0 unspecified atom stereocenters. The Bertz CT molecular complexity index is 3380. The average molecular weight is 1200 g/mol. The van der Waals surface area contributed by atoms with Crippen LogP contribution in [0.4, 0.5) is 63.2 Å². The van der Waals surface area contributed by atoms with Gasteiger partial charge in [0.2, 0.25) is 45.8 Å². The van der Waals surface area contributed by atoms with Crippen LogP contribution < -0.4 is 37.3 Å². The Morgan fingerprint density at radius 1 is 0.524 bits per heavy atom. The van der Waals surface area contributed by atoms with E-state index in [-0.39, 0.29) is 67.9 Å². The van der Waals surface area contributed by atoms with Gasteiger partial charge in [-0.1, -0.05) is 40.9 Å². The number of H-pyrrole nitrogens is 1. The van der Waals surface area contributed by atoms with E-state index < -0.39 is 40.8 Å². The number of aromatic nitrogens is 7. The van der Waals surface area contributed by atoms with Crippen molar-refractivity contribution < 1.29 is 48.7 Å². The molecule has 1 aliphatic rings. The first-order chi connectivity index (χ1) is 38.6. The number of nitro groups is 6. The minimum absolute atomic E-state index is 0.0324. The molecule has 0 aliphatic carbocycles. The van der Waals surface area contributed by atoms with E-state index in [1.54, 1.807) is 43.9 Å². The normalized spacial score (nSPS) is 10.2. The standard InChI is InChI=1S/C8H8N4O3.C6H4ClN3O3.C6H3ClN2O4.C6H5ClN2O2.C6H7N3O2.C6H6N2O3.C6H8N2/c13-5-9-7-2-1-6(12(14)15)8(10-7)11-3-4-11;7-6-4(10(12)13)1-2-5(9-6)8-3-11;7-6-4(9(11)12)1-2-5(8-6)13-3-10;2*1-4-2-3-5(9(10)11)6(7)8-4;1-4-2-3-5(8(10)11)6(9)7-4;1-5-3-2-4-6(7)8-5/h1-2,5H,3-4H2,(H,9,10,13);1-3H,(H,8,9,11);1-3H;2-3H,1H3;2-3H,1H3,(H2,7,8);2-3H,1H3,(H,7,9);2-4H,1H3,(H2,7,8). The Morgan fingerprint density at radius 3 is 1.35 bits per heavy atom. The van der Waals surface area contributed by atoms with Crippen LogP contribution in [0.25, 0.3) is 0 Å². The molecule has 38 heteroatoms. The van der Waals surface area contributed by atoms with Gasteiger partial charge in [-0.3, -0.25) is 79.9 Å². The lowest BCUT2D eigenvalue weighted by molar-refractivity contribution is -0.386. The summed E-state index contributed by atoms with van der Waals surface area (Å²) in [5, 5.41) is 65.7. The number of nitrogens with two attached hydrogens (primary N) is 2. The molecule has 35 nitrogen and oxygen atoms in total. The lowest BCUT2D eigenvalue weighted by Gasteiger charge is -2.04. The lowest BCUT2D eigenvalue weighted by Crippen LogP contribution is -2.11. The number of rotatable bonds is 13. The summed E-state index contributed by atoms with van der Waals surface area (Å²) in [5.41, 5.74) is 11.5. The van der Waals surface area contributed by atoms with Gasteiger partial charge in [0.05, 0.1) is 29.5 Å². The first kappa shape index (κ1) is 67.0. The number of nitrogens with zero attached hydrogens (tertiary/aromatic N) is 13. The number of nitrogen functional groups attached to an aromatic ring is 2. The highest BCUT2D eigenvalue weighted by Gasteiger charge is 2.28. The van der Waals surface area contributed by atoms with E-state index in [2.05, 4.69) is 50.3 Å². The quantitative estimate of drug-likeness (QED) is 0.0251. The molecule has 0 aromatic carbocycles. The molecule has 1 saturated heterocycles. The van der Waals surface area contributed by atoms with Gasteiger partial charge in [0.15, 0.2) is 0 Å². The Morgan fingerprint density at radius 2 is 0.951 bits per heavy atom. The number of ether oxygens (including phenoxy) is 1. The third kappa shape index (κ3) is 23.3. The van der Waals surface area contributed by atoms with Crippen molar-refractivity contribution in [1.82, 2.24) is 34.9 Å². The van der Waals surface area contributed by atoms with E-state index in [1.807, 2.05) is 19.1 Å². The van der Waals surface area contributed by atoms with E-state index in [9.17, 15) is 79.9 Å². The number of nitrogens with one attached hydrogen (secondary N) is 3. The maximum Gasteiger partial charge on any atom is 0.333 e. The fraction of sp³-hybridized carbons (Fsp3) is 0.136. The zero-order valence-corrected chi connectivity index (χ0v) is 44.6. The topological polar surface area (TPSA) is 509 Å². The van der Waals surface area contributed by atoms with Crippen LogP contribution in [0.15, 0.2) is 95.8 Å². The average Bonchev–Trinajstić information content (AvgIpc) is 4.43. The van der Waals surface area contributed by atoms with Crippen molar-refractivity contribution in [2.24, 2.45) is 0 Å². The maximum absolute atomic E-state index is 10.8. The van der Waals surface area contributed by atoms with Gasteiger partial charge in [0.25, 0.3) is 6.47 Å². The van der Waals surface area contributed by atoms with Crippen LogP contribution in [0.3, 0.4) is 0 Å². The summed E-state index contributed by atoms with van der Waals surface area (Å²) in [6.07, 6.45) is 0.894. The monoisotopic (exact) mass is 1200 g/mol. The molecule has 1 aliphatic heterocycles. The summed E-state index contributed by atoms with van der Waals surface area (Å²) >= 11 is 16.3. The zero-order chi connectivity index (χ0) is 61.8. The number of pyridine rings is 7. The number of carbonyl (C=O) groups excluding carboxylic acids is 3. The minimum atomic E-state index is -0.710. The van der Waals surface area contributed by atoms with Gasteiger partial charge in [-0.2, -0.15) is 4.98 Å². The lowest BCUT2D eigenvalue weighted by atomic mass is 10.3. The second kappa shape index (κ2) is 33.3. The first-order valence-corrected chi connectivity index (χ1v) is 23.0. The molecular formula is C44H41Cl3N18O17. The SMILES string of the molecule is Cc1ccc([N+](=O)[O-])c(=O)[nH]1.Cc1ccc([N+](=O)[O-])c(Cl)n1.Cc1ccc([N+](=O)[O-])c(N)n1.Cc1cccc(N)n1.O=CNc1ccc([N+](=O)[O-])c(Cl)n1.O=CNc1ccc([N+](=O)[O-])c(N2CC2)n1.O=COc1ccc([N+](=O)[O-])c(Cl)n1. The van der Waals surface area contributed by atoms with Crippen molar-refractivity contribution in [2.45, 2.75) is 27.7 Å². The molecule has 0 radical (unpaired) electrons. The van der Waals surface area contributed by atoms with Crippen LogP contribution in [0, 0.1) is 88.4 Å². The number of hydrogen-bond acceptors (Lipinski definition) is 26. The Hall–Kier alpha value is -11.1. The number of aromatic amines is 1. The van der Waals surface area contributed by atoms with E-state index in [4.69, 9.17) is 46.3 Å². The number of aryl methyl sites for hydroxylation is 4. The van der Waals surface area contributed by atoms with Crippen molar-refractivity contribution in [2.75, 3.05) is 40.1 Å². The summed E-state index contributed by atoms with van der Waals surface area (Å²) in [5.74, 6) is 1.28. The predicted octanol–water partition coefficient (Wildman–Crippen LogP) is 7.16. The first-order valence-electron chi connectivity index (χ1n) is 21.9. The van der Waals surface area contributed by atoms with Crippen LogP contribution in [0.2, 0.25) is 15.5 Å². The molecule has 8 heterocycles. The van der Waals surface area contributed by atoms with Crippen LogP contribution in [0.1, 0.15) is 22.8 Å². The van der Waals surface area contributed by atoms with Crippen molar-refractivity contribution in [3.63, 3.8) is 0 Å². The fourth-order valence-corrected chi connectivity index (χ4v) is 5.94. The molecule has 8 rings (SSSR count). The molecule has 0 bridgehead atoms. The zero-order valence-electron chi connectivity index (χ0n) is 42.3. The molecule has 0 atom stereocenters. The van der Waals surface area contributed by atoms with Gasteiger partial charge < -0.3 is 36.7 Å². The van der Waals surface area contributed by atoms with Gasteiger partial charge in [0.1, 0.15) is 17.5 Å². The van der Waals surface area contributed by atoms with Crippen LogP contribution >= 0.6 is 34.8 Å². The van der Waals surface area contributed by atoms with E-state index in [1.165, 1.54) is 54.6 Å². The number of carbonyl (C=O) groups is 3. The van der Waals surface area contributed by atoms with Crippen LogP contribution in [-0.2, 0) is 14.4 Å². The highest BCUT2D eigenvalue weighted by Crippen LogP contribution is 2.31. The summed E-state index contributed by atoms with van der Waals surface area (Å²) < 4.78 is 4.32. The third-order valence-electron chi connectivity index (χ3n) is 8.95. The van der Waals surface area contributed by atoms with Crippen LogP contribution in [-0.4, -0.2) is 96.8 Å². The van der Waals surface area contributed by atoms with Gasteiger partial charge in [-0.25, -0.2) is 24.9 Å². The summed E-state index contributed by atoms with van der Waals surface area (Å²) in [7, 11) is 0. The second-order valence-electron chi connectivity index (χ2n) is 15.0. The van der Waals surface area contributed by atoms with Gasteiger partial charge in [0, 0.05) is 78.3 Å².